The first kappa shape index (κ1) is 25.1. The van der Waals surface area contributed by atoms with E-state index in [9.17, 15) is 19.9 Å². The molecule has 0 spiro atoms. The number of hydrogen-bond acceptors (Lipinski definition) is 5. The number of likely N-dealkylation sites (tertiary alicyclic amines) is 1. The van der Waals surface area contributed by atoms with Crippen molar-refractivity contribution in [3.8, 4) is 33.9 Å². The zero-order valence-corrected chi connectivity index (χ0v) is 20.7. The van der Waals surface area contributed by atoms with Crippen LogP contribution in [0.25, 0.3) is 22.4 Å². The Hall–Kier alpha value is -3.98. The first-order valence-corrected chi connectivity index (χ1v) is 11.8. The lowest BCUT2D eigenvalue weighted by Gasteiger charge is -2.33. The number of aromatic amines is 1. The number of carboxylic acid groups (broad SMARTS) is 1. The molecular weight excluding hydrogens is 462 g/mol. The number of H-pyrrole nitrogens is 1. The average Bonchev–Trinajstić information content (AvgIpc) is 3.26. The Bertz CT molecular complexity index is 1210. The standard InChI is InChI=1S/C27H31N3O6/c1-29(34)27(33)30-14-12-19(13-15-30)25-22(16-23(31)32)24(17-4-8-20(35-2)9-5-17)26(28-25)18-6-10-21(36-3)11-7-18/h4-11,19,28,34H,12-16H2,1-3H3,(H,31,32). The van der Waals surface area contributed by atoms with E-state index in [0.717, 1.165) is 39.4 Å². The molecule has 1 aliphatic heterocycles. The number of nitrogens with one attached hydrogen (secondary N) is 1. The monoisotopic (exact) mass is 493 g/mol. The highest BCUT2D eigenvalue weighted by atomic mass is 16.5. The summed E-state index contributed by atoms with van der Waals surface area (Å²) in [7, 11) is 4.53. The summed E-state index contributed by atoms with van der Waals surface area (Å²) in [6, 6.07) is 14.8. The molecule has 1 aliphatic rings. The van der Waals surface area contributed by atoms with E-state index in [1.54, 1.807) is 19.1 Å². The van der Waals surface area contributed by atoms with Crippen molar-refractivity contribution in [2.24, 2.45) is 0 Å². The number of nitrogens with zero attached hydrogens (tertiary/aromatic N) is 2. The lowest BCUT2D eigenvalue weighted by Crippen LogP contribution is -2.43. The Morgan fingerprint density at radius 1 is 0.972 bits per heavy atom. The third kappa shape index (κ3) is 5.16. The molecular formula is C27H31N3O6. The van der Waals surface area contributed by atoms with Crippen molar-refractivity contribution in [3.05, 3.63) is 59.8 Å². The number of ether oxygens (including phenoxy) is 2. The fraction of sp³-hybridized carbons (Fsp3) is 0.333. The lowest BCUT2D eigenvalue weighted by atomic mass is 9.88. The topological polar surface area (TPSA) is 115 Å². The highest BCUT2D eigenvalue weighted by Crippen LogP contribution is 2.42. The van der Waals surface area contributed by atoms with Crippen LogP contribution in [0.15, 0.2) is 48.5 Å². The van der Waals surface area contributed by atoms with Gasteiger partial charge in [-0.15, -0.1) is 0 Å². The van der Waals surface area contributed by atoms with Crippen LogP contribution >= 0.6 is 0 Å². The van der Waals surface area contributed by atoms with Gasteiger partial charge in [0.15, 0.2) is 0 Å². The Labute approximate surface area is 209 Å². The van der Waals surface area contributed by atoms with Crippen LogP contribution in [0.4, 0.5) is 4.79 Å². The molecule has 0 bridgehead atoms. The number of benzene rings is 2. The van der Waals surface area contributed by atoms with Crippen LogP contribution in [0.5, 0.6) is 11.5 Å². The SMILES string of the molecule is COc1ccc(-c2[nH]c(C3CCN(C(=O)N(C)O)CC3)c(CC(=O)O)c2-c2ccc(OC)cc2)cc1. The van der Waals surface area contributed by atoms with Crippen LogP contribution in [-0.4, -0.2) is 71.6 Å². The first-order valence-electron chi connectivity index (χ1n) is 11.8. The van der Waals surface area contributed by atoms with Crippen LogP contribution in [0, 0.1) is 0 Å². The summed E-state index contributed by atoms with van der Waals surface area (Å²) >= 11 is 0. The molecule has 9 nitrogen and oxygen atoms in total. The number of urea groups is 1. The summed E-state index contributed by atoms with van der Waals surface area (Å²) in [5.41, 5.74) is 5.08. The largest absolute Gasteiger partial charge is 0.497 e. The van der Waals surface area contributed by atoms with Gasteiger partial charge in [-0.2, -0.15) is 0 Å². The highest BCUT2D eigenvalue weighted by molar-refractivity contribution is 5.88. The summed E-state index contributed by atoms with van der Waals surface area (Å²) < 4.78 is 10.6. The van der Waals surface area contributed by atoms with Gasteiger partial charge < -0.3 is 24.5 Å². The number of carbonyl (C=O) groups excluding carboxylic acids is 1. The fourth-order valence-corrected chi connectivity index (χ4v) is 4.86. The van der Waals surface area contributed by atoms with Gasteiger partial charge in [-0.25, -0.2) is 9.86 Å². The molecule has 1 aromatic heterocycles. The maximum atomic E-state index is 12.2. The molecule has 0 atom stereocenters. The predicted molar refractivity (Wildman–Crippen MR) is 135 cm³/mol. The van der Waals surface area contributed by atoms with Gasteiger partial charge in [-0.3, -0.25) is 10.0 Å². The molecule has 2 aromatic carbocycles. The van der Waals surface area contributed by atoms with Gasteiger partial charge in [0.1, 0.15) is 11.5 Å². The number of hydrogen-bond donors (Lipinski definition) is 3. The molecule has 0 aliphatic carbocycles. The number of rotatable bonds is 7. The molecule has 190 valence electrons. The average molecular weight is 494 g/mol. The Kier molecular flexibility index (Phi) is 7.49. The van der Waals surface area contributed by atoms with Gasteiger partial charge in [0, 0.05) is 37.3 Å². The van der Waals surface area contributed by atoms with E-state index in [-0.39, 0.29) is 12.3 Å². The highest BCUT2D eigenvalue weighted by Gasteiger charge is 2.31. The van der Waals surface area contributed by atoms with Gasteiger partial charge in [0.2, 0.25) is 0 Å². The van der Waals surface area contributed by atoms with Gasteiger partial charge >= 0.3 is 12.0 Å². The predicted octanol–water partition coefficient (Wildman–Crippen LogP) is 4.61. The van der Waals surface area contributed by atoms with E-state index in [4.69, 9.17) is 9.47 Å². The number of amides is 2. The van der Waals surface area contributed by atoms with E-state index in [0.29, 0.717) is 36.7 Å². The van der Waals surface area contributed by atoms with Gasteiger partial charge in [-0.05, 0) is 65.9 Å². The summed E-state index contributed by atoms with van der Waals surface area (Å²) in [5.74, 6) is 0.566. The van der Waals surface area contributed by atoms with Crippen LogP contribution in [0.3, 0.4) is 0 Å². The Balaban J connectivity index is 1.81. The minimum atomic E-state index is -0.916. The summed E-state index contributed by atoms with van der Waals surface area (Å²) in [6.45, 7) is 0.936. The maximum Gasteiger partial charge on any atom is 0.343 e. The van der Waals surface area contributed by atoms with Crippen molar-refractivity contribution in [3.63, 3.8) is 0 Å². The molecule has 0 radical (unpaired) electrons. The number of hydroxylamine groups is 2. The number of carbonyl (C=O) groups is 2. The van der Waals surface area contributed by atoms with Gasteiger partial charge in [-0.1, -0.05) is 12.1 Å². The van der Waals surface area contributed by atoms with Crippen LogP contribution in [0.2, 0.25) is 0 Å². The van der Waals surface area contributed by atoms with Crippen molar-refractivity contribution in [2.45, 2.75) is 25.2 Å². The number of piperidine rings is 1. The first-order chi connectivity index (χ1) is 17.3. The third-order valence-corrected chi connectivity index (χ3v) is 6.67. The van der Waals surface area contributed by atoms with E-state index in [1.807, 2.05) is 48.5 Å². The summed E-state index contributed by atoms with van der Waals surface area (Å²) in [4.78, 5) is 29.4. The molecule has 4 rings (SSSR count). The second-order valence-corrected chi connectivity index (χ2v) is 8.86. The molecule has 9 heteroatoms. The minimum Gasteiger partial charge on any atom is -0.497 e. The molecule has 36 heavy (non-hydrogen) atoms. The molecule has 2 heterocycles. The second kappa shape index (κ2) is 10.7. The number of carboxylic acids is 1. The van der Waals surface area contributed by atoms with Crippen molar-refractivity contribution in [1.29, 1.82) is 0 Å². The molecule has 3 N–H and O–H groups in total. The quantitative estimate of drug-likeness (QED) is 0.327. The van der Waals surface area contributed by atoms with Gasteiger partial charge in [0.25, 0.3) is 0 Å². The third-order valence-electron chi connectivity index (χ3n) is 6.67. The van der Waals surface area contributed by atoms with E-state index in [2.05, 4.69) is 4.98 Å². The normalized spacial score (nSPS) is 13.9. The van der Waals surface area contributed by atoms with E-state index < -0.39 is 12.0 Å². The van der Waals surface area contributed by atoms with Crippen molar-refractivity contribution < 1.29 is 29.4 Å². The summed E-state index contributed by atoms with van der Waals surface area (Å²) in [6.07, 6.45) is 1.16. The zero-order valence-electron chi connectivity index (χ0n) is 20.7. The molecule has 3 aromatic rings. The van der Waals surface area contributed by atoms with E-state index in [1.165, 1.54) is 7.05 Å². The van der Waals surface area contributed by atoms with E-state index >= 15 is 0 Å². The fourth-order valence-electron chi connectivity index (χ4n) is 4.86. The van der Waals surface area contributed by atoms with Crippen molar-refractivity contribution in [1.82, 2.24) is 14.9 Å². The molecule has 0 saturated carbocycles. The summed E-state index contributed by atoms with van der Waals surface area (Å²) in [5, 5.41) is 19.9. The van der Waals surface area contributed by atoms with Crippen molar-refractivity contribution in [2.75, 3.05) is 34.4 Å². The number of methoxy groups -OCH3 is 2. The van der Waals surface area contributed by atoms with Gasteiger partial charge in [0.05, 0.1) is 26.3 Å². The molecule has 1 saturated heterocycles. The van der Waals surface area contributed by atoms with Crippen LogP contribution in [0.1, 0.15) is 30.0 Å². The molecule has 0 unspecified atom stereocenters. The zero-order chi connectivity index (χ0) is 25.8. The maximum absolute atomic E-state index is 12.2. The number of aromatic nitrogens is 1. The Morgan fingerprint density at radius 3 is 1.97 bits per heavy atom. The molecule has 2 amide bonds. The van der Waals surface area contributed by atoms with Crippen molar-refractivity contribution >= 4 is 12.0 Å². The van der Waals surface area contributed by atoms with Crippen LogP contribution in [-0.2, 0) is 11.2 Å². The molecule has 1 fully saturated rings. The van der Waals surface area contributed by atoms with Crippen LogP contribution < -0.4 is 9.47 Å². The second-order valence-electron chi connectivity index (χ2n) is 8.86. The smallest absolute Gasteiger partial charge is 0.343 e. The Morgan fingerprint density at radius 2 is 1.50 bits per heavy atom. The minimum absolute atomic E-state index is 0.0383. The number of aliphatic carboxylic acids is 1. The lowest BCUT2D eigenvalue weighted by molar-refractivity contribution is -0.136.